The molecule has 3 nitrogen and oxygen atoms in total. The van der Waals surface area contributed by atoms with Crippen LogP contribution in [0.3, 0.4) is 0 Å². The monoisotopic (exact) mass is 1000 g/mol. The lowest BCUT2D eigenvalue weighted by Crippen LogP contribution is -2.61. The van der Waals surface area contributed by atoms with E-state index in [4.69, 9.17) is 0 Å². The minimum absolute atomic E-state index is 0.0232. The number of rotatable bonds is 4. The molecule has 6 aliphatic rings. The Bertz CT molecular complexity index is 3580. The van der Waals surface area contributed by atoms with Crippen LogP contribution in [0.25, 0.3) is 16.6 Å². The van der Waals surface area contributed by atoms with Gasteiger partial charge >= 0.3 is 0 Å². The van der Waals surface area contributed by atoms with E-state index in [1.54, 1.807) is 5.57 Å². The zero-order valence-corrected chi connectivity index (χ0v) is 49.9. The standard InChI is InChI=1S/C72H86BN3/c1-43-36-54-55(71(16,17)35-34-70(54,14)15)42-58(43)75-59-39-46(68(8,9)10)28-33-56(59)73-57-38-47(69(11,12)13)37-52-62-65(51-22-20-21-23-53(51)72(62,18)19)76(64(52)57)61-41-50(40-60(75)63(61)73)74(48-29-24-44(25-30-48)66(2,3)4)49-31-26-45(27-32-49)67(5,6)7/h20-21,23-26,28-31,33,36-42,51H,22,27,32,34-35H2,1-19H3. The molecule has 0 fully saturated rings. The van der Waals surface area contributed by atoms with Gasteiger partial charge in [0.05, 0.1) is 0 Å². The summed E-state index contributed by atoms with van der Waals surface area (Å²) >= 11 is 0. The van der Waals surface area contributed by atoms with E-state index >= 15 is 0 Å². The molecule has 3 heterocycles. The van der Waals surface area contributed by atoms with Crippen molar-refractivity contribution in [2.45, 2.75) is 202 Å². The molecule has 392 valence electrons. The van der Waals surface area contributed by atoms with E-state index in [0.717, 1.165) is 19.3 Å². The first-order valence-corrected chi connectivity index (χ1v) is 29.1. The normalized spacial score (nSPS) is 19.8. The van der Waals surface area contributed by atoms with Gasteiger partial charge in [0.1, 0.15) is 0 Å². The number of anilines is 5. The van der Waals surface area contributed by atoms with E-state index in [-0.39, 0.29) is 44.6 Å². The van der Waals surface area contributed by atoms with Crippen molar-refractivity contribution in [1.82, 2.24) is 4.57 Å². The third-order valence-electron chi connectivity index (χ3n) is 19.5. The zero-order chi connectivity index (χ0) is 54.4. The highest BCUT2D eigenvalue weighted by Crippen LogP contribution is 2.59. The molecule has 2 aliphatic heterocycles. The molecule has 1 unspecified atom stereocenters. The highest BCUT2D eigenvalue weighted by molar-refractivity contribution is 7.00. The molecule has 4 heteroatoms. The van der Waals surface area contributed by atoms with E-state index < -0.39 is 0 Å². The summed E-state index contributed by atoms with van der Waals surface area (Å²) in [6.45, 7) is 45.9. The van der Waals surface area contributed by atoms with Gasteiger partial charge in [0.2, 0.25) is 0 Å². The Balaban J connectivity index is 1.26. The minimum atomic E-state index is -0.139. The van der Waals surface area contributed by atoms with E-state index in [0.29, 0.717) is 5.92 Å². The summed E-state index contributed by atoms with van der Waals surface area (Å²) in [5, 5.41) is 1.44. The van der Waals surface area contributed by atoms with Crippen LogP contribution in [0.4, 0.5) is 28.4 Å². The molecule has 12 rings (SSSR count). The Morgan fingerprint density at radius 3 is 1.82 bits per heavy atom. The SMILES string of the molecule is Cc1cc2c(cc1N1c3cc(C(C)(C)C)ccc3B3c4c1cc(N(C1=CC=C(C(C)(C)C)CC1)c1ccc(C(C)(C)C)cc1)cc4-n1c4c(c5cc(C(C)(C)C)cc3c51)C(C)(C)C1=CC=CCC14)C(C)(C)CCC2(C)C. The Kier molecular flexibility index (Phi) is 11.0. The smallest absolute Gasteiger partial charge is 0.252 e. The summed E-state index contributed by atoms with van der Waals surface area (Å²) in [6, 6.07) is 33.0. The van der Waals surface area contributed by atoms with Gasteiger partial charge in [0.25, 0.3) is 6.71 Å². The lowest BCUT2D eigenvalue weighted by molar-refractivity contribution is 0.332. The molecule has 0 radical (unpaired) electrons. The maximum atomic E-state index is 2.84. The molecular formula is C72H86BN3. The predicted molar refractivity (Wildman–Crippen MR) is 330 cm³/mol. The van der Waals surface area contributed by atoms with Gasteiger partial charge in [-0.05, 0) is 175 Å². The van der Waals surface area contributed by atoms with E-state index in [9.17, 15) is 0 Å². The van der Waals surface area contributed by atoms with Gasteiger partial charge in [-0.15, -0.1) is 0 Å². The van der Waals surface area contributed by atoms with E-state index in [2.05, 4.69) is 255 Å². The molecule has 0 bridgehead atoms. The number of hydrogen-bond acceptors (Lipinski definition) is 2. The molecule has 0 N–H and O–H groups in total. The predicted octanol–water partition coefficient (Wildman–Crippen LogP) is 17.8. The van der Waals surface area contributed by atoms with E-state index in [1.807, 2.05) is 0 Å². The highest BCUT2D eigenvalue weighted by Gasteiger charge is 2.51. The van der Waals surface area contributed by atoms with Crippen LogP contribution < -0.4 is 26.2 Å². The number of hydrogen-bond donors (Lipinski definition) is 0. The van der Waals surface area contributed by atoms with Crippen molar-refractivity contribution >= 4 is 62.4 Å². The molecule has 5 aromatic carbocycles. The fraction of sp³-hybridized carbons (Fsp3) is 0.444. The maximum Gasteiger partial charge on any atom is 0.252 e. The van der Waals surface area contributed by atoms with Crippen LogP contribution in [0, 0.1) is 12.3 Å². The Morgan fingerprint density at radius 1 is 0.566 bits per heavy atom. The quantitative estimate of drug-likeness (QED) is 0.163. The fourth-order valence-corrected chi connectivity index (χ4v) is 14.7. The Labute approximate surface area is 458 Å². The molecule has 0 spiro atoms. The summed E-state index contributed by atoms with van der Waals surface area (Å²) in [6.07, 6.45) is 17.5. The van der Waals surface area contributed by atoms with Gasteiger partial charge in [-0.3, -0.25) is 0 Å². The third-order valence-corrected chi connectivity index (χ3v) is 19.5. The summed E-state index contributed by atoms with van der Waals surface area (Å²) in [5.74, 6) is 0.294. The van der Waals surface area contributed by atoms with Crippen molar-refractivity contribution in [2.24, 2.45) is 5.41 Å². The zero-order valence-electron chi connectivity index (χ0n) is 49.9. The van der Waals surface area contributed by atoms with Crippen LogP contribution in [0.2, 0.25) is 0 Å². The van der Waals surface area contributed by atoms with Crippen LogP contribution in [0.1, 0.15) is 207 Å². The second-order valence-corrected chi connectivity index (χ2v) is 30.1. The molecule has 0 amide bonds. The van der Waals surface area contributed by atoms with Crippen LogP contribution in [0.5, 0.6) is 0 Å². The second-order valence-electron chi connectivity index (χ2n) is 30.1. The first-order chi connectivity index (χ1) is 35.4. The number of allylic oxidation sites excluding steroid dienone is 8. The first-order valence-electron chi connectivity index (χ1n) is 29.1. The average molecular weight is 1000 g/mol. The van der Waals surface area contributed by atoms with Crippen molar-refractivity contribution in [3.8, 4) is 5.69 Å². The van der Waals surface area contributed by atoms with E-state index in [1.165, 1.54) is 130 Å². The third kappa shape index (κ3) is 7.62. The molecule has 6 aromatic rings. The largest absolute Gasteiger partial charge is 0.314 e. The lowest BCUT2D eigenvalue weighted by Gasteiger charge is -2.45. The van der Waals surface area contributed by atoms with Crippen molar-refractivity contribution in [3.05, 3.63) is 171 Å². The van der Waals surface area contributed by atoms with Crippen molar-refractivity contribution in [1.29, 1.82) is 0 Å². The number of benzene rings is 5. The summed E-state index contributed by atoms with van der Waals surface area (Å²) in [4.78, 5) is 5.42. The van der Waals surface area contributed by atoms with Gasteiger partial charge in [0, 0.05) is 67.8 Å². The summed E-state index contributed by atoms with van der Waals surface area (Å²) in [7, 11) is 0. The average Bonchev–Trinajstić information content (AvgIpc) is 3.81. The van der Waals surface area contributed by atoms with Gasteiger partial charge < -0.3 is 14.4 Å². The molecule has 1 atom stereocenters. The van der Waals surface area contributed by atoms with Crippen LogP contribution >= 0.6 is 0 Å². The van der Waals surface area contributed by atoms with Crippen LogP contribution in [0.15, 0.2) is 126 Å². The molecule has 4 aliphatic carbocycles. The van der Waals surface area contributed by atoms with Gasteiger partial charge in [0.15, 0.2) is 0 Å². The molecule has 1 aromatic heterocycles. The van der Waals surface area contributed by atoms with Gasteiger partial charge in [-0.1, -0.05) is 196 Å². The number of aryl methyl sites for hydroxylation is 1. The maximum absolute atomic E-state index is 2.84. The minimum Gasteiger partial charge on any atom is -0.314 e. The summed E-state index contributed by atoms with van der Waals surface area (Å²) in [5.41, 5.74) is 29.2. The molecule has 0 saturated heterocycles. The second kappa shape index (κ2) is 16.4. The van der Waals surface area contributed by atoms with Crippen molar-refractivity contribution in [3.63, 3.8) is 0 Å². The van der Waals surface area contributed by atoms with Crippen molar-refractivity contribution in [2.75, 3.05) is 9.80 Å². The first kappa shape index (κ1) is 51.0. The Morgan fingerprint density at radius 2 is 1.20 bits per heavy atom. The molecule has 0 saturated carbocycles. The highest BCUT2D eigenvalue weighted by atomic mass is 15.2. The molecular weight excluding hydrogens is 918 g/mol. The number of aromatic nitrogens is 1. The van der Waals surface area contributed by atoms with Crippen molar-refractivity contribution < 1.29 is 0 Å². The molecule has 76 heavy (non-hydrogen) atoms. The summed E-state index contributed by atoms with van der Waals surface area (Å²) < 4.78 is 2.84. The van der Waals surface area contributed by atoms with Crippen LogP contribution in [-0.2, 0) is 32.5 Å². The van der Waals surface area contributed by atoms with Crippen LogP contribution in [-0.4, -0.2) is 11.3 Å². The number of nitrogens with zero attached hydrogens (tertiary/aromatic N) is 3. The van der Waals surface area contributed by atoms with Gasteiger partial charge in [-0.25, -0.2) is 0 Å². The lowest BCUT2D eigenvalue weighted by atomic mass is 9.33. The Hall–Kier alpha value is -5.74. The van der Waals surface area contributed by atoms with Gasteiger partial charge in [-0.2, -0.15) is 0 Å². The number of fused-ring (bicyclic) bond motifs is 10. The fourth-order valence-electron chi connectivity index (χ4n) is 14.7. The topological polar surface area (TPSA) is 11.4 Å².